The lowest BCUT2D eigenvalue weighted by atomic mass is 9.95. The number of nitrogens with one attached hydrogen (secondary N) is 2. The second-order valence-corrected chi connectivity index (χ2v) is 12.3. The van der Waals surface area contributed by atoms with Gasteiger partial charge in [0, 0.05) is 79.9 Å². The molecule has 0 aliphatic rings. The van der Waals surface area contributed by atoms with Gasteiger partial charge in [0.15, 0.2) is 0 Å². The molecular weight excluding hydrogens is 508 g/mol. The van der Waals surface area contributed by atoms with Crippen LogP contribution in [0.5, 0.6) is 0 Å². The van der Waals surface area contributed by atoms with Gasteiger partial charge in [-0.05, 0) is 54.1 Å². The SMILES string of the molecule is CC(C)C(=O)Nc1ccc2c(c1)c1ccccc1n2Cc1cccc2c1c1cc(NC(=O)C(C)(C)C)ccc1n2C. The van der Waals surface area contributed by atoms with E-state index in [2.05, 4.69) is 93.5 Å². The molecule has 6 rings (SSSR count). The van der Waals surface area contributed by atoms with E-state index >= 15 is 0 Å². The molecule has 2 aromatic heterocycles. The zero-order valence-corrected chi connectivity index (χ0v) is 24.5. The van der Waals surface area contributed by atoms with Gasteiger partial charge in [0.2, 0.25) is 11.8 Å². The van der Waals surface area contributed by atoms with E-state index in [1.165, 1.54) is 10.9 Å². The summed E-state index contributed by atoms with van der Waals surface area (Å²) in [5.41, 5.74) is 6.85. The molecule has 0 spiro atoms. The molecule has 0 unspecified atom stereocenters. The van der Waals surface area contributed by atoms with Crippen molar-refractivity contribution in [3.8, 4) is 0 Å². The van der Waals surface area contributed by atoms with Crippen molar-refractivity contribution in [2.75, 3.05) is 10.6 Å². The number of amides is 2. The average Bonchev–Trinajstić information content (AvgIpc) is 3.40. The van der Waals surface area contributed by atoms with Crippen LogP contribution in [0, 0.1) is 11.3 Å². The number of hydrogen-bond acceptors (Lipinski definition) is 2. The molecule has 2 amide bonds. The Morgan fingerprint density at radius 3 is 2.10 bits per heavy atom. The molecule has 41 heavy (non-hydrogen) atoms. The second-order valence-electron chi connectivity index (χ2n) is 12.3. The second kappa shape index (κ2) is 9.81. The molecule has 2 N–H and O–H groups in total. The van der Waals surface area contributed by atoms with Gasteiger partial charge >= 0.3 is 0 Å². The highest BCUT2D eigenvalue weighted by molar-refractivity contribution is 6.13. The highest BCUT2D eigenvalue weighted by Crippen LogP contribution is 2.36. The van der Waals surface area contributed by atoms with Crippen LogP contribution in [0.25, 0.3) is 43.6 Å². The molecule has 0 fully saturated rings. The summed E-state index contributed by atoms with van der Waals surface area (Å²) in [5, 5.41) is 10.7. The van der Waals surface area contributed by atoms with Gasteiger partial charge in [-0.1, -0.05) is 65.0 Å². The Bertz CT molecular complexity index is 1990. The number of para-hydroxylation sites is 1. The van der Waals surface area contributed by atoms with Gasteiger partial charge in [0.1, 0.15) is 0 Å². The Hall–Kier alpha value is -4.58. The van der Waals surface area contributed by atoms with Crippen molar-refractivity contribution in [3.63, 3.8) is 0 Å². The van der Waals surface area contributed by atoms with Gasteiger partial charge in [-0.3, -0.25) is 9.59 Å². The van der Waals surface area contributed by atoms with Crippen molar-refractivity contribution in [1.29, 1.82) is 0 Å². The van der Waals surface area contributed by atoms with Crippen LogP contribution in [0.3, 0.4) is 0 Å². The van der Waals surface area contributed by atoms with E-state index in [-0.39, 0.29) is 17.7 Å². The van der Waals surface area contributed by atoms with Crippen LogP contribution in [0.2, 0.25) is 0 Å². The molecule has 0 aliphatic heterocycles. The summed E-state index contributed by atoms with van der Waals surface area (Å²) >= 11 is 0. The monoisotopic (exact) mass is 544 g/mol. The first kappa shape index (κ1) is 26.6. The third-order valence-electron chi connectivity index (χ3n) is 7.95. The number of benzene rings is 4. The number of carbonyl (C=O) groups is 2. The lowest BCUT2D eigenvalue weighted by molar-refractivity contribution is -0.123. The summed E-state index contributed by atoms with van der Waals surface area (Å²) in [4.78, 5) is 25.1. The maximum absolute atomic E-state index is 12.7. The molecular formula is C35H36N4O2. The molecule has 6 nitrogen and oxygen atoms in total. The summed E-state index contributed by atoms with van der Waals surface area (Å²) in [6.45, 7) is 10.2. The van der Waals surface area contributed by atoms with E-state index in [0.29, 0.717) is 6.54 Å². The molecule has 208 valence electrons. The number of anilines is 2. The van der Waals surface area contributed by atoms with Crippen LogP contribution >= 0.6 is 0 Å². The predicted molar refractivity (Wildman–Crippen MR) is 171 cm³/mol. The van der Waals surface area contributed by atoms with E-state index in [9.17, 15) is 9.59 Å². The standard InChI is InChI=1S/C35H36N4O2/c1-21(2)33(40)36-23-15-17-30-26(18-23)25-11-7-8-12-29(25)39(30)20-22-10-9-13-31-32(22)27-19-24(14-16-28(27)38(31)6)37-34(41)35(3,4)5/h7-19,21H,20H2,1-6H3,(H,36,40)(H,37,41). The average molecular weight is 545 g/mol. The molecule has 6 heteroatoms. The maximum Gasteiger partial charge on any atom is 0.229 e. The summed E-state index contributed by atoms with van der Waals surface area (Å²) in [7, 11) is 2.09. The highest BCUT2D eigenvalue weighted by atomic mass is 16.2. The fraction of sp³-hybridized carbons (Fsp3) is 0.257. The highest BCUT2D eigenvalue weighted by Gasteiger charge is 2.22. The molecule has 0 saturated heterocycles. The lowest BCUT2D eigenvalue weighted by Crippen LogP contribution is -2.27. The number of aromatic nitrogens is 2. The van der Waals surface area contributed by atoms with Gasteiger partial charge in [-0.15, -0.1) is 0 Å². The Morgan fingerprint density at radius 2 is 1.37 bits per heavy atom. The van der Waals surface area contributed by atoms with Crippen LogP contribution in [0.1, 0.15) is 40.2 Å². The fourth-order valence-electron chi connectivity index (χ4n) is 5.62. The Labute approximate surface area is 239 Å². The topological polar surface area (TPSA) is 68.1 Å². The molecule has 0 aliphatic carbocycles. The van der Waals surface area contributed by atoms with E-state index in [1.54, 1.807) is 0 Å². The Balaban J connectivity index is 1.50. The summed E-state index contributed by atoms with van der Waals surface area (Å²) in [5.74, 6) is -0.0872. The number of aryl methyl sites for hydroxylation is 1. The van der Waals surface area contributed by atoms with Gasteiger partial charge in [-0.2, -0.15) is 0 Å². The first-order valence-electron chi connectivity index (χ1n) is 14.2. The minimum absolute atomic E-state index is 0.00783. The van der Waals surface area contributed by atoms with Crippen LogP contribution in [-0.4, -0.2) is 20.9 Å². The molecule has 2 heterocycles. The van der Waals surface area contributed by atoms with E-state index in [1.807, 2.05) is 46.8 Å². The first-order chi connectivity index (χ1) is 19.5. The number of rotatable bonds is 5. The summed E-state index contributed by atoms with van der Waals surface area (Å²) in [6.07, 6.45) is 0. The van der Waals surface area contributed by atoms with Crippen molar-refractivity contribution >= 4 is 66.8 Å². The van der Waals surface area contributed by atoms with Gasteiger partial charge in [0.25, 0.3) is 0 Å². The van der Waals surface area contributed by atoms with Gasteiger partial charge in [0.05, 0.1) is 0 Å². The maximum atomic E-state index is 12.7. The zero-order valence-electron chi connectivity index (χ0n) is 24.5. The molecule has 0 saturated carbocycles. The molecule has 0 bridgehead atoms. The normalized spacial score (nSPS) is 12.2. The van der Waals surface area contributed by atoms with Crippen LogP contribution in [0.4, 0.5) is 11.4 Å². The third kappa shape index (κ3) is 4.63. The molecule has 4 aromatic carbocycles. The largest absolute Gasteiger partial charge is 0.344 e. The Morgan fingerprint density at radius 1 is 0.732 bits per heavy atom. The van der Waals surface area contributed by atoms with Gasteiger partial charge < -0.3 is 19.8 Å². The van der Waals surface area contributed by atoms with E-state index in [0.717, 1.165) is 49.6 Å². The fourth-order valence-corrected chi connectivity index (χ4v) is 5.62. The van der Waals surface area contributed by atoms with Crippen molar-refractivity contribution < 1.29 is 9.59 Å². The predicted octanol–water partition coefficient (Wildman–Crippen LogP) is 8.07. The smallest absolute Gasteiger partial charge is 0.229 e. The van der Waals surface area contributed by atoms with Crippen molar-refractivity contribution in [2.45, 2.75) is 41.2 Å². The first-order valence-corrected chi connectivity index (χ1v) is 14.2. The van der Waals surface area contributed by atoms with E-state index in [4.69, 9.17) is 0 Å². The Kier molecular flexibility index (Phi) is 6.37. The number of fused-ring (bicyclic) bond motifs is 6. The quantitative estimate of drug-likeness (QED) is 0.230. The van der Waals surface area contributed by atoms with Crippen molar-refractivity contribution in [3.05, 3.63) is 84.4 Å². The molecule has 6 aromatic rings. The van der Waals surface area contributed by atoms with Crippen LogP contribution in [-0.2, 0) is 23.2 Å². The minimum atomic E-state index is -0.479. The number of nitrogens with zero attached hydrogens (tertiary/aromatic N) is 2. The summed E-state index contributed by atoms with van der Waals surface area (Å²) < 4.78 is 4.58. The van der Waals surface area contributed by atoms with Gasteiger partial charge in [-0.25, -0.2) is 0 Å². The molecule has 0 atom stereocenters. The van der Waals surface area contributed by atoms with E-state index < -0.39 is 5.41 Å². The number of hydrogen-bond donors (Lipinski definition) is 2. The van der Waals surface area contributed by atoms with Crippen molar-refractivity contribution in [2.24, 2.45) is 18.4 Å². The minimum Gasteiger partial charge on any atom is -0.344 e. The zero-order chi connectivity index (χ0) is 29.1. The lowest BCUT2D eigenvalue weighted by Gasteiger charge is -2.17. The van der Waals surface area contributed by atoms with Crippen LogP contribution in [0.15, 0.2) is 78.9 Å². The molecule has 0 radical (unpaired) electrons. The third-order valence-corrected chi connectivity index (χ3v) is 7.95. The number of carbonyl (C=O) groups excluding carboxylic acids is 2. The summed E-state index contributed by atoms with van der Waals surface area (Å²) in [6, 6.07) is 27.2. The van der Waals surface area contributed by atoms with Crippen LogP contribution < -0.4 is 10.6 Å². The van der Waals surface area contributed by atoms with Crippen molar-refractivity contribution in [1.82, 2.24) is 9.13 Å².